The quantitative estimate of drug-likeness (QED) is 0.219. The lowest BCUT2D eigenvalue weighted by Gasteiger charge is -2.29. The topological polar surface area (TPSA) is 171 Å². The maximum absolute atomic E-state index is 13.0. The van der Waals surface area contributed by atoms with Gasteiger partial charge in [0.05, 0.1) is 6.61 Å². The fourth-order valence-electron chi connectivity index (χ4n) is 2.95. The largest absolute Gasteiger partial charge is 0.480 e. The lowest BCUT2D eigenvalue weighted by atomic mass is 9.95. The summed E-state index contributed by atoms with van der Waals surface area (Å²) in [5.41, 5.74) is 5.53. The summed E-state index contributed by atoms with van der Waals surface area (Å²) in [6.45, 7) is 10.4. The molecule has 7 N–H and O–H groups in total. The van der Waals surface area contributed by atoms with Gasteiger partial charge in [-0.3, -0.25) is 14.4 Å². The Bertz CT molecular complexity index is 613. The van der Waals surface area contributed by atoms with Crippen molar-refractivity contribution in [3.63, 3.8) is 0 Å². The van der Waals surface area contributed by atoms with E-state index in [0.717, 1.165) is 0 Å². The number of hydrogen-bond acceptors (Lipinski definition) is 6. The molecule has 0 aliphatic carbocycles. The van der Waals surface area contributed by atoms with Crippen LogP contribution in [0.1, 0.15) is 60.8 Å². The number of aliphatic hydroxyl groups excluding tert-OH is 1. The van der Waals surface area contributed by atoms with Crippen LogP contribution in [0.3, 0.4) is 0 Å². The third-order valence-corrected chi connectivity index (χ3v) is 5.44. The molecule has 10 heteroatoms. The van der Waals surface area contributed by atoms with Gasteiger partial charge in [-0.25, -0.2) is 4.79 Å². The molecule has 0 radical (unpaired) electrons. The van der Waals surface area contributed by atoms with Crippen molar-refractivity contribution in [1.82, 2.24) is 16.0 Å². The molecule has 0 fully saturated rings. The summed E-state index contributed by atoms with van der Waals surface area (Å²) < 4.78 is 0. The SMILES string of the molecule is CCC(C)C(NC(=O)C(CC(C)C)NC(=O)C(NC(=O)C(N)CO)C(C)CC)C(=O)O. The van der Waals surface area contributed by atoms with Crippen LogP contribution in [0.4, 0.5) is 0 Å². The maximum atomic E-state index is 13.0. The van der Waals surface area contributed by atoms with Crippen molar-refractivity contribution in [2.45, 2.75) is 85.0 Å². The van der Waals surface area contributed by atoms with Gasteiger partial charge in [0.25, 0.3) is 0 Å². The van der Waals surface area contributed by atoms with Crippen molar-refractivity contribution in [3.05, 3.63) is 0 Å². The van der Waals surface area contributed by atoms with Gasteiger partial charge >= 0.3 is 5.97 Å². The van der Waals surface area contributed by atoms with E-state index in [0.29, 0.717) is 19.3 Å². The molecular weight excluding hydrogens is 404 g/mol. The van der Waals surface area contributed by atoms with Crippen LogP contribution in [0, 0.1) is 17.8 Å². The zero-order valence-electron chi connectivity index (χ0n) is 19.5. The molecule has 3 amide bonds. The number of carboxylic acid groups (broad SMARTS) is 1. The van der Waals surface area contributed by atoms with Crippen LogP contribution in [0.15, 0.2) is 0 Å². The Balaban J connectivity index is 5.57. The summed E-state index contributed by atoms with van der Waals surface area (Å²) in [4.78, 5) is 49.5. The monoisotopic (exact) mass is 444 g/mol. The summed E-state index contributed by atoms with van der Waals surface area (Å²) >= 11 is 0. The van der Waals surface area contributed by atoms with Gasteiger partial charge in [0.2, 0.25) is 17.7 Å². The van der Waals surface area contributed by atoms with Crippen LogP contribution < -0.4 is 21.7 Å². The third-order valence-electron chi connectivity index (χ3n) is 5.44. The third kappa shape index (κ3) is 9.65. The fraction of sp³-hybridized carbons (Fsp3) is 0.810. The number of carboxylic acids is 1. The first-order chi connectivity index (χ1) is 14.4. The second-order valence-electron chi connectivity index (χ2n) is 8.56. The molecule has 0 bridgehead atoms. The molecule has 31 heavy (non-hydrogen) atoms. The summed E-state index contributed by atoms with van der Waals surface area (Å²) in [6, 6.07) is -4.16. The van der Waals surface area contributed by atoms with Gasteiger partial charge in [0.1, 0.15) is 24.2 Å². The number of nitrogens with two attached hydrogens (primary N) is 1. The Kier molecular flexibility index (Phi) is 13.0. The van der Waals surface area contributed by atoms with Gasteiger partial charge in [-0.2, -0.15) is 0 Å². The van der Waals surface area contributed by atoms with Gasteiger partial charge in [-0.15, -0.1) is 0 Å². The molecule has 0 aliphatic rings. The molecule has 0 rings (SSSR count). The van der Waals surface area contributed by atoms with Crippen LogP contribution >= 0.6 is 0 Å². The summed E-state index contributed by atoms with van der Waals surface area (Å²) in [6.07, 6.45) is 1.43. The Labute approximate surface area is 184 Å². The van der Waals surface area contributed by atoms with Crippen molar-refractivity contribution in [2.24, 2.45) is 23.5 Å². The molecule has 10 nitrogen and oxygen atoms in total. The number of amides is 3. The highest BCUT2D eigenvalue weighted by Gasteiger charge is 2.33. The van der Waals surface area contributed by atoms with E-state index in [2.05, 4.69) is 16.0 Å². The highest BCUT2D eigenvalue weighted by molar-refractivity contribution is 5.94. The van der Waals surface area contributed by atoms with Gasteiger partial charge in [-0.05, 0) is 24.2 Å². The molecule has 0 spiro atoms. The van der Waals surface area contributed by atoms with Crippen LogP contribution in [0.5, 0.6) is 0 Å². The summed E-state index contributed by atoms with van der Waals surface area (Å²) in [7, 11) is 0. The van der Waals surface area contributed by atoms with Crippen molar-refractivity contribution in [2.75, 3.05) is 6.61 Å². The molecule has 0 heterocycles. The first-order valence-corrected chi connectivity index (χ1v) is 10.9. The Morgan fingerprint density at radius 1 is 0.806 bits per heavy atom. The molecule has 0 aromatic carbocycles. The van der Waals surface area contributed by atoms with Crippen molar-refractivity contribution in [3.8, 4) is 0 Å². The molecule has 0 saturated carbocycles. The molecular formula is C21H40N4O6. The van der Waals surface area contributed by atoms with Crippen LogP contribution in [0.25, 0.3) is 0 Å². The molecule has 6 unspecified atom stereocenters. The lowest BCUT2D eigenvalue weighted by molar-refractivity contribution is -0.144. The normalized spacial score (nSPS) is 17.1. The average Bonchev–Trinajstić information content (AvgIpc) is 2.72. The predicted octanol–water partition coefficient (Wildman–Crippen LogP) is -0.0167. The Morgan fingerprint density at radius 3 is 1.71 bits per heavy atom. The number of hydrogen-bond donors (Lipinski definition) is 6. The smallest absolute Gasteiger partial charge is 0.326 e. The number of rotatable bonds is 14. The summed E-state index contributed by atoms with van der Waals surface area (Å²) in [5, 5.41) is 26.3. The van der Waals surface area contributed by atoms with Crippen molar-refractivity contribution < 1.29 is 29.4 Å². The first kappa shape index (κ1) is 28.8. The molecule has 0 aromatic rings. The van der Waals surface area contributed by atoms with E-state index in [1.54, 1.807) is 13.8 Å². The standard InChI is InChI=1S/C21H40N4O6/c1-7-12(5)16(24-18(27)14(22)10-26)20(29)23-15(9-11(3)4)19(28)25-17(21(30)31)13(6)8-2/h11-17,26H,7-10,22H2,1-6H3,(H,23,29)(H,24,27)(H,25,28)(H,30,31). The highest BCUT2D eigenvalue weighted by atomic mass is 16.4. The van der Waals surface area contributed by atoms with Gasteiger partial charge in [-0.1, -0.05) is 54.4 Å². The predicted molar refractivity (Wildman–Crippen MR) is 117 cm³/mol. The molecule has 0 aromatic heterocycles. The second kappa shape index (κ2) is 14.0. The van der Waals surface area contributed by atoms with Crippen molar-refractivity contribution >= 4 is 23.7 Å². The fourth-order valence-corrected chi connectivity index (χ4v) is 2.95. The lowest BCUT2D eigenvalue weighted by Crippen LogP contribution is -2.59. The number of aliphatic carboxylic acids is 1. The Morgan fingerprint density at radius 2 is 1.29 bits per heavy atom. The van der Waals surface area contributed by atoms with Gasteiger partial charge < -0.3 is 31.9 Å². The minimum absolute atomic E-state index is 0.0439. The Hall–Kier alpha value is -2.20. The number of carbonyl (C=O) groups excluding carboxylic acids is 3. The number of nitrogens with one attached hydrogen (secondary N) is 3. The maximum Gasteiger partial charge on any atom is 0.326 e. The van der Waals surface area contributed by atoms with E-state index in [9.17, 15) is 24.3 Å². The van der Waals surface area contributed by atoms with E-state index in [-0.39, 0.29) is 17.8 Å². The molecule has 6 atom stereocenters. The van der Waals surface area contributed by atoms with Crippen LogP contribution in [-0.4, -0.2) is 64.7 Å². The van der Waals surface area contributed by atoms with E-state index in [1.807, 2.05) is 27.7 Å². The van der Waals surface area contributed by atoms with E-state index < -0.39 is 54.5 Å². The second-order valence-corrected chi connectivity index (χ2v) is 8.56. The first-order valence-electron chi connectivity index (χ1n) is 10.9. The van der Waals surface area contributed by atoms with Crippen LogP contribution in [-0.2, 0) is 19.2 Å². The number of carbonyl (C=O) groups is 4. The van der Waals surface area contributed by atoms with Crippen molar-refractivity contribution in [1.29, 1.82) is 0 Å². The van der Waals surface area contributed by atoms with E-state index in [1.165, 1.54) is 0 Å². The zero-order chi connectivity index (χ0) is 24.3. The number of aliphatic hydroxyl groups is 1. The average molecular weight is 445 g/mol. The highest BCUT2D eigenvalue weighted by Crippen LogP contribution is 2.13. The van der Waals surface area contributed by atoms with E-state index >= 15 is 0 Å². The minimum Gasteiger partial charge on any atom is -0.480 e. The van der Waals surface area contributed by atoms with Gasteiger partial charge in [0.15, 0.2) is 0 Å². The zero-order valence-corrected chi connectivity index (χ0v) is 19.5. The molecule has 180 valence electrons. The molecule has 0 aliphatic heterocycles. The van der Waals surface area contributed by atoms with Gasteiger partial charge in [0, 0.05) is 0 Å². The summed E-state index contributed by atoms with van der Waals surface area (Å²) in [5.74, 6) is -3.47. The van der Waals surface area contributed by atoms with E-state index in [4.69, 9.17) is 10.8 Å². The molecule has 0 saturated heterocycles. The minimum atomic E-state index is -1.17. The van der Waals surface area contributed by atoms with Crippen LogP contribution in [0.2, 0.25) is 0 Å².